The molecule has 27 heavy (non-hydrogen) atoms. The minimum absolute atomic E-state index is 0.439. The minimum Gasteiger partial charge on any atom is -0.539 e. The molecule has 0 aliphatic heterocycles. The molecule has 0 aliphatic carbocycles. The molecule has 1 aromatic carbocycles. The molecule has 0 radical (unpaired) electrons. The third-order valence-corrected chi connectivity index (χ3v) is 8.43. The van der Waals surface area contributed by atoms with E-state index < -0.39 is 8.32 Å². The highest BCUT2D eigenvalue weighted by Gasteiger charge is 2.28. The second-order valence-corrected chi connectivity index (χ2v) is 15.9. The fourth-order valence-corrected chi connectivity index (χ4v) is 7.47. The van der Waals surface area contributed by atoms with Crippen molar-refractivity contribution >= 4 is 43.6 Å². The first-order valence-electron chi connectivity index (χ1n) is 9.57. The van der Waals surface area contributed by atoms with E-state index in [1.165, 1.54) is 5.56 Å². The van der Waals surface area contributed by atoms with Crippen molar-refractivity contribution in [3.05, 3.63) is 17.7 Å². The lowest BCUT2D eigenvalue weighted by Crippen LogP contribution is -2.29. The fraction of sp³-hybridized carbons (Fsp3) is 0.700. The molecular weight excluding hydrogens is 413 g/mol. The lowest BCUT2D eigenvalue weighted by molar-refractivity contribution is 0.359. The molecule has 0 bridgehead atoms. The maximum absolute atomic E-state index is 6.29. The van der Waals surface area contributed by atoms with Crippen molar-refractivity contribution in [3.63, 3.8) is 0 Å². The van der Waals surface area contributed by atoms with Crippen molar-refractivity contribution < 1.29 is 13.9 Å². The molecule has 0 saturated carbocycles. The molecule has 7 heteroatoms. The SMILES string of the molecule is CCSCC(c1cc(OC)c(O[Si](C)(C)C)c(OC)c1)C(SCC)SCC. The van der Waals surface area contributed by atoms with Crippen LogP contribution in [-0.4, -0.2) is 50.1 Å². The van der Waals surface area contributed by atoms with E-state index in [0.717, 1.165) is 40.3 Å². The van der Waals surface area contributed by atoms with Crippen molar-refractivity contribution in [1.29, 1.82) is 0 Å². The van der Waals surface area contributed by atoms with Gasteiger partial charge in [-0.3, -0.25) is 0 Å². The molecule has 0 N–H and O–H groups in total. The molecule has 1 atom stereocenters. The van der Waals surface area contributed by atoms with Crippen LogP contribution in [0.5, 0.6) is 17.2 Å². The molecule has 0 aliphatic rings. The van der Waals surface area contributed by atoms with E-state index in [0.29, 0.717) is 10.5 Å². The molecular formula is C20H36O3S3Si. The second kappa shape index (κ2) is 12.4. The van der Waals surface area contributed by atoms with Crippen molar-refractivity contribution in [1.82, 2.24) is 0 Å². The Hall–Kier alpha value is -0.113. The summed E-state index contributed by atoms with van der Waals surface area (Å²) in [5, 5.41) is 0. The Morgan fingerprint density at radius 3 is 1.78 bits per heavy atom. The second-order valence-electron chi connectivity index (χ2n) is 7.01. The van der Waals surface area contributed by atoms with E-state index in [1.54, 1.807) is 14.2 Å². The molecule has 0 amide bonds. The normalized spacial score (nSPS) is 12.9. The highest BCUT2D eigenvalue weighted by molar-refractivity contribution is 8.17. The highest BCUT2D eigenvalue weighted by Crippen LogP contribution is 2.45. The molecule has 156 valence electrons. The van der Waals surface area contributed by atoms with Crippen molar-refractivity contribution in [2.24, 2.45) is 0 Å². The Balaban J connectivity index is 3.39. The minimum atomic E-state index is -1.78. The summed E-state index contributed by atoms with van der Waals surface area (Å²) in [4.78, 5) is 0. The largest absolute Gasteiger partial charge is 0.539 e. The Bertz CT molecular complexity index is 533. The van der Waals surface area contributed by atoms with Crippen LogP contribution in [0.3, 0.4) is 0 Å². The van der Waals surface area contributed by atoms with Gasteiger partial charge in [-0.1, -0.05) is 20.8 Å². The van der Waals surface area contributed by atoms with Gasteiger partial charge in [-0.25, -0.2) is 0 Å². The third kappa shape index (κ3) is 8.03. The molecule has 1 aromatic rings. The van der Waals surface area contributed by atoms with Gasteiger partial charge >= 0.3 is 0 Å². The van der Waals surface area contributed by atoms with Crippen LogP contribution in [0.25, 0.3) is 0 Å². The lowest BCUT2D eigenvalue weighted by Gasteiger charge is -2.28. The number of ether oxygens (including phenoxy) is 2. The molecule has 1 rings (SSSR count). The summed E-state index contributed by atoms with van der Waals surface area (Å²) in [5.74, 6) is 7.21. The van der Waals surface area contributed by atoms with E-state index in [9.17, 15) is 0 Å². The first-order valence-corrected chi connectivity index (χ1v) is 16.2. The summed E-state index contributed by atoms with van der Waals surface area (Å²) in [6, 6.07) is 4.33. The number of hydrogen-bond acceptors (Lipinski definition) is 6. The number of rotatable bonds is 13. The lowest BCUT2D eigenvalue weighted by atomic mass is 10.0. The fourth-order valence-electron chi connectivity index (χ4n) is 2.71. The molecule has 0 aromatic heterocycles. The van der Waals surface area contributed by atoms with Crippen molar-refractivity contribution in [3.8, 4) is 17.2 Å². The van der Waals surface area contributed by atoms with Crippen molar-refractivity contribution in [2.75, 3.05) is 37.2 Å². The van der Waals surface area contributed by atoms with Crippen molar-refractivity contribution in [2.45, 2.75) is 50.9 Å². The molecule has 0 heterocycles. The van der Waals surface area contributed by atoms with Crippen LogP contribution >= 0.6 is 35.3 Å². The average Bonchev–Trinajstić information content (AvgIpc) is 2.61. The molecule has 3 nitrogen and oxygen atoms in total. The van der Waals surface area contributed by atoms with E-state index >= 15 is 0 Å². The molecule has 0 fully saturated rings. The quantitative estimate of drug-likeness (QED) is 0.250. The van der Waals surface area contributed by atoms with Crippen LogP contribution in [0.1, 0.15) is 32.3 Å². The number of methoxy groups -OCH3 is 2. The van der Waals surface area contributed by atoms with E-state index in [1.807, 2.05) is 35.3 Å². The topological polar surface area (TPSA) is 27.7 Å². The summed E-state index contributed by atoms with van der Waals surface area (Å²) in [6.45, 7) is 13.2. The van der Waals surface area contributed by atoms with Gasteiger partial charge in [0.05, 0.1) is 18.8 Å². The molecule has 0 saturated heterocycles. The standard InChI is InChI=1S/C20H36O3S3Si/c1-9-24-14-16(20(25-10-2)26-11-3)15-12-17(21-4)19(18(13-15)22-5)23-27(6,7)8/h12-13,16,20H,9-11,14H2,1-8H3. The third-order valence-electron chi connectivity index (χ3n) is 3.81. The maximum atomic E-state index is 6.29. The van der Waals surface area contributed by atoms with Gasteiger partial charge in [-0.15, -0.1) is 23.5 Å². The van der Waals surface area contributed by atoms with Gasteiger partial charge in [0.2, 0.25) is 8.32 Å². The first-order chi connectivity index (χ1) is 12.8. The van der Waals surface area contributed by atoms with E-state index in [2.05, 4.69) is 52.5 Å². The summed E-state index contributed by atoms with van der Waals surface area (Å²) in [7, 11) is 1.65. The molecule has 0 spiro atoms. The summed E-state index contributed by atoms with van der Waals surface area (Å²) < 4.78 is 18.3. The zero-order chi connectivity index (χ0) is 20.4. The number of hydrogen-bond donors (Lipinski definition) is 0. The van der Waals surface area contributed by atoms with Gasteiger partial charge in [0, 0.05) is 11.7 Å². The number of benzene rings is 1. The van der Waals surface area contributed by atoms with Crippen LogP contribution in [0.4, 0.5) is 0 Å². The predicted octanol–water partition coefficient (Wildman–Crippen LogP) is 6.59. The van der Waals surface area contributed by atoms with Crippen LogP contribution in [0.2, 0.25) is 19.6 Å². The van der Waals surface area contributed by atoms with Gasteiger partial charge in [-0.2, -0.15) is 11.8 Å². The van der Waals surface area contributed by atoms with Gasteiger partial charge in [0.15, 0.2) is 17.2 Å². The van der Waals surface area contributed by atoms with E-state index in [-0.39, 0.29) is 0 Å². The predicted molar refractivity (Wildman–Crippen MR) is 129 cm³/mol. The van der Waals surface area contributed by atoms with Crippen LogP contribution in [0, 0.1) is 0 Å². The Kier molecular flexibility index (Phi) is 11.5. The Morgan fingerprint density at radius 2 is 1.41 bits per heavy atom. The molecule has 1 unspecified atom stereocenters. The zero-order valence-electron chi connectivity index (χ0n) is 18.1. The highest BCUT2D eigenvalue weighted by atomic mass is 32.2. The maximum Gasteiger partial charge on any atom is 0.242 e. The summed E-state index contributed by atoms with van der Waals surface area (Å²) in [6.07, 6.45) is 0. The Labute approximate surface area is 180 Å². The van der Waals surface area contributed by atoms with Crippen LogP contribution in [-0.2, 0) is 0 Å². The average molecular weight is 449 g/mol. The van der Waals surface area contributed by atoms with Crippen LogP contribution in [0.15, 0.2) is 12.1 Å². The monoisotopic (exact) mass is 448 g/mol. The van der Waals surface area contributed by atoms with Gasteiger partial charge < -0.3 is 13.9 Å². The van der Waals surface area contributed by atoms with Crippen LogP contribution < -0.4 is 13.9 Å². The van der Waals surface area contributed by atoms with E-state index in [4.69, 9.17) is 13.9 Å². The zero-order valence-corrected chi connectivity index (χ0v) is 21.5. The Morgan fingerprint density at radius 1 is 0.889 bits per heavy atom. The first kappa shape index (κ1) is 24.9. The van der Waals surface area contributed by atoms with Gasteiger partial charge in [-0.05, 0) is 54.6 Å². The van der Waals surface area contributed by atoms with Gasteiger partial charge in [0.25, 0.3) is 0 Å². The smallest absolute Gasteiger partial charge is 0.242 e. The summed E-state index contributed by atoms with van der Waals surface area (Å²) >= 11 is 6.08. The summed E-state index contributed by atoms with van der Waals surface area (Å²) in [5.41, 5.74) is 1.28. The van der Waals surface area contributed by atoms with Gasteiger partial charge in [0.1, 0.15) is 0 Å². The number of thioether (sulfide) groups is 3.